The summed E-state index contributed by atoms with van der Waals surface area (Å²) in [6.45, 7) is 11.4. The van der Waals surface area contributed by atoms with E-state index in [1.165, 1.54) is 5.56 Å². The molecule has 0 amide bonds. The maximum atomic E-state index is 12.3. The molecule has 1 N–H and O–H groups in total. The average molecular weight is 396 g/mol. The van der Waals surface area contributed by atoms with Crippen molar-refractivity contribution in [2.45, 2.75) is 32.3 Å². The molecule has 1 aromatic carbocycles. The van der Waals surface area contributed by atoms with Gasteiger partial charge >= 0.3 is 0 Å². The Bertz CT molecular complexity index is 839. The van der Waals surface area contributed by atoms with E-state index in [-0.39, 0.29) is 5.41 Å². The molecule has 2 fully saturated rings. The van der Waals surface area contributed by atoms with Crippen molar-refractivity contribution in [2.24, 2.45) is 5.41 Å². The molecule has 0 bridgehead atoms. The number of nitrogens with zero attached hydrogens (tertiary/aromatic N) is 3. The minimum Gasteiger partial charge on any atom is -0.380 e. The summed E-state index contributed by atoms with van der Waals surface area (Å²) in [5, 5.41) is 12.3. The van der Waals surface area contributed by atoms with Gasteiger partial charge in [0.15, 0.2) is 0 Å². The number of hydrogen-bond donors (Lipinski definition) is 1. The fourth-order valence-electron chi connectivity index (χ4n) is 4.97. The van der Waals surface area contributed by atoms with E-state index in [9.17, 15) is 5.11 Å². The van der Waals surface area contributed by atoms with Gasteiger partial charge in [0, 0.05) is 43.4 Å². The summed E-state index contributed by atoms with van der Waals surface area (Å²) in [7, 11) is 2.10. The first-order chi connectivity index (χ1) is 13.8. The standard InChI is InChI=1S/C24H33N3O2/c1-18(2)19-5-7-20(8-6-19)24(28,23(3)16-26(4)17-23)21-13-22(15-25-14-21)27-9-11-29-12-10-27/h5-8,13-15,18,28H,9-12,16-17H2,1-4H3. The Morgan fingerprint density at radius 3 is 2.31 bits per heavy atom. The van der Waals surface area contributed by atoms with E-state index >= 15 is 0 Å². The molecule has 5 heteroatoms. The molecule has 2 aromatic rings. The number of aromatic nitrogens is 1. The van der Waals surface area contributed by atoms with Gasteiger partial charge in [-0.05, 0) is 30.2 Å². The van der Waals surface area contributed by atoms with Crippen LogP contribution in [0.1, 0.15) is 43.4 Å². The van der Waals surface area contributed by atoms with E-state index in [4.69, 9.17) is 4.74 Å². The highest BCUT2D eigenvalue weighted by molar-refractivity contribution is 5.51. The second-order valence-electron chi connectivity index (χ2n) is 9.25. The second kappa shape index (κ2) is 7.71. The van der Waals surface area contributed by atoms with Crippen molar-refractivity contribution in [2.75, 3.05) is 51.3 Å². The van der Waals surface area contributed by atoms with Gasteiger partial charge in [-0.3, -0.25) is 4.98 Å². The van der Waals surface area contributed by atoms with E-state index in [0.717, 1.165) is 56.2 Å². The van der Waals surface area contributed by atoms with Gasteiger partial charge in [0.25, 0.3) is 0 Å². The number of hydrogen-bond acceptors (Lipinski definition) is 5. The van der Waals surface area contributed by atoms with Gasteiger partial charge < -0.3 is 19.6 Å². The second-order valence-corrected chi connectivity index (χ2v) is 9.25. The first kappa shape index (κ1) is 20.3. The molecular formula is C24H33N3O2. The third-order valence-electron chi connectivity index (χ3n) is 6.62. The third kappa shape index (κ3) is 3.56. The number of ether oxygens (including phenoxy) is 1. The first-order valence-electron chi connectivity index (χ1n) is 10.6. The number of morpholine rings is 1. The van der Waals surface area contributed by atoms with Crippen molar-refractivity contribution in [1.82, 2.24) is 9.88 Å². The van der Waals surface area contributed by atoms with Crippen LogP contribution in [-0.4, -0.2) is 61.4 Å². The summed E-state index contributed by atoms with van der Waals surface area (Å²) in [5.41, 5.74) is 2.79. The molecule has 1 aromatic heterocycles. The Kier molecular flexibility index (Phi) is 5.40. The van der Waals surface area contributed by atoms with Crippen LogP contribution in [-0.2, 0) is 10.3 Å². The van der Waals surface area contributed by atoms with Crippen LogP contribution < -0.4 is 4.90 Å². The first-order valence-corrected chi connectivity index (χ1v) is 10.6. The van der Waals surface area contributed by atoms with Gasteiger partial charge in [0.1, 0.15) is 5.60 Å². The fourth-order valence-corrected chi connectivity index (χ4v) is 4.97. The Morgan fingerprint density at radius 2 is 1.72 bits per heavy atom. The summed E-state index contributed by atoms with van der Waals surface area (Å²) >= 11 is 0. The molecule has 2 saturated heterocycles. The predicted octanol–water partition coefficient (Wildman–Crippen LogP) is 3.23. The van der Waals surface area contributed by atoms with Crippen molar-refractivity contribution in [3.8, 4) is 0 Å². The fraction of sp³-hybridized carbons (Fsp3) is 0.542. The molecular weight excluding hydrogens is 362 g/mol. The van der Waals surface area contributed by atoms with Crippen molar-refractivity contribution in [1.29, 1.82) is 0 Å². The Morgan fingerprint density at radius 1 is 1.07 bits per heavy atom. The number of benzene rings is 1. The van der Waals surface area contributed by atoms with Crippen LogP contribution in [0.25, 0.3) is 0 Å². The number of rotatable bonds is 5. The lowest BCUT2D eigenvalue weighted by atomic mass is 9.62. The monoisotopic (exact) mass is 395 g/mol. The van der Waals surface area contributed by atoms with Crippen LogP contribution >= 0.6 is 0 Å². The largest absolute Gasteiger partial charge is 0.380 e. The van der Waals surface area contributed by atoms with Gasteiger partial charge in [-0.15, -0.1) is 0 Å². The van der Waals surface area contributed by atoms with Gasteiger partial charge in [-0.2, -0.15) is 0 Å². The minimum atomic E-state index is -1.09. The molecule has 1 unspecified atom stereocenters. The number of pyridine rings is 1. The van der Waals surface area contributed by atoms with E-state index in [1.54, 1.807) is 0 Å². The molecule has 0 spiro atoms. The van der Waals surface area contributed by atoms with Crippen LogP contribution in [0, 0.1) is 5.41 Å². The van der Waals surface area contributed by atoms with Crippen molar-refractivity contribution in [3.05, 3.63) is 59.4 Å². The Hall–Kier alpha value is -1.95. The summed E-state index contributed by atoms with van der Waals surface area (Å²) < 4.78 is 5.49. The van der Waals surface area contributed by atoms with E-state index in [0.29, 0.717) is 5.92 Å². The maximum Gasteiger partial charge on any atom is 0.124 e. The zero-order valence-electron chi connectivity index (χ0n) is 18.1. The van der Waals surface area contributed by atoms with Crippen LogP contribution in [0.2, 0.25) is 0 Å². The molecule has 0 aliphatic carbocycles. The van der Waals surface area contributed by atoms with Crippen molar-refractivity contribution >= 4 is 5.69 Å². The average Bonchev–Trinajstić information content (AvgIpc) is 2.73. The Balaban J connectivity index is 1.77. The lowest BCUT2D eigenvalue weighted by Crippen LogP contribution is -2.63. The van der Waals surface area contributed by atoms with E-state index in [1.807, 2.05) is 12.4 Å². The molecule has 156 valence electrons. The predicted molar refractivity (Wildman–Crippen MR) is 116 cm³/mol. The van der Waals surface area contributed by atoms with Gasteiger partial charge in [0.2, 0.25) is 0 Å². The Labute approximate surface area is 174 Å². The SMILES string of the molecule is CC(C)c1ccc(C(O)(c2cncc(N3CCOCC3)c2)C2(C)CN(C)C2)cc1. The quantitative estimate of drug-likeness (QED) is 0.842. The smallest absolute Gasteiger partial charge is 0.124 e. The molecule has 29 heavy (non-hydrogen) atoms. The lowest BCUT2D eigenvalue weighted by Gasteiger charge is -2.56. The lowest BCUT2D eigenvalue weighted by molar-refractivity contribution is -0.127. The van der Waals surface area contributed by atoms with Crippen LogP contribution in [0.3, 0.4) is 0 Å². The molecule has 4 rings (SSSR count). The molecule has 1 atom stereocenters. The molecule has 2 aliphatic rings. The summed E-state index contributed by atoms with van der Waals surface area (Å²) in [6, 6.07) is 10.6. The van der Waals surface area contributed by atoms with E-state index in [2.05, 4.69) is 72.9 Å². The number of likely N-dealkylation sites (tertiary alicyclic amines) is 1. The van der Waals surface area contributed by atoms with Crippen LogP contribution in [0.15, 0.2) is 42.7 Å². The molecule has 3 heterocycles. The van der Waals surface area contributed by atoms with Gasteiger partial charge in [-0.1, -0.05) is 45.0 Å². The normalized spacial score (nSPS) is 21.7. The van der Waals surface area contributed by atoms with Crippen LogP contribution in [0.5, 0.6) is 0 Å². The highest BCUT2D eigenvalue weighted by Gasteiger charge is 2.55. The topological polar surface area (TPSA) is 48.8 Å². The molecule has 0 radical (unpaired) electrons. The van der Waals surface area contributed by atoms with E-state index < -0.39 is 5.60 Å². The highest BCUT2D eigenvalue weighted by atomic mass is 16.5. The van der Waals surface area contributed by atoms with Crippen LogP contribution in [0.4, 0.5) is 5.69 Å². The zero-order chi connectivity index (χ0) is 20.6. The third-order valence-corrected chi connectivity index (χ3v) is 6.62. The summed E-state index contributed by atoms with van der Waals surface area (Å²) in [5.74, 6) is 0.467. The molecule has 2 aliphatic heterocycles. The highest BCUT2D eigenvalue weighted by Crippen LogP contribution is 2.50. The molecule has 0 saturated carbocycles. The minimum absolute atomic E-state index is 0.271. The summed E-state index contributed by atoms with van der Waals surface area (Å²) in [4.78, 5) is 9.08. The molecule has 5 nitrogen and oxygen atoms in total. The van der Waals surface area contributed by atoms with Crippen molar-refractivity contribution < 1.29 is 9.84 Å². The number of aliphatic hydroxyl groups is 1. The maximum absolute atomic E-state index is 12.3. The van der Waals surface area contributed by atoms with Gasteiger partial charge in [-0.25, -0.2) is 0 Å². The number of anilines is 1. The van der Waals surface area contributed by atoms with Crippen molar-refractivity contribution in [3.63, 3.8) is 0 Å². The zero-order valence-corrected chi connectivity index (χ0v) is 18.1. The van der Waals surface area contributed by atoms with Gasteiger partial charge in [0.05, 0.1) is 25.1 Å². The summed E-state index contributed by atoms with van der Waals surface area (Å²) in [6.07, 6.45) is 3.73.